The van der Waals surface area contributed by atoms with Crippen molar-refractivity contribution in [2.45, 2.75) is 12.5 Å². The Balaban J connectivity index is 2.31. The minimum atomic E-state index is -0.165. The van der Waals surface area contributed by atoms with Crippen LogP contribution in [-0.4, -0.2) is 32.3 Å². The van der Waals surface area contributed by atoms with Crippen LogP contribution in [0, 0.1) is 0 Å². The van der Waals surface area contributed by atoms with E-state index in [-0.39, 0.29) is 12.0 Å². The summed E-state index contributed by atoms with van der Waals surface area (Å²) in [6.45, 7) is 1.58. The molecule has 1 fully saturated rings. The number of nitrogens with one attached hydrogen (secondary N) is 2. The monoisotopic (exact) mass is 144 g/mol. The van der Waals surface area contributed by atoms with Crippen LogP contribution >= 0.6 is 0 Å². The van der Waals surface area contributed by atoms with Gasteiger partial charge in [-0.1, -0.05) is 0 Å². The lowest BCUT2D eigenvalue weighted by atomic mass is 10.2. The van der Waals surface area contributed by atoms with Gasteiger partial charge in [-0.05, 0) is 13.0 Å². The molecule has 1 heterocycles. The molecule has 1 rings (SSSR count). The Morgan fingerprint density at radius 3 is 3.00 bits per heavy atom. The van der Waals surface area contributed by atoms with Crippen molar-refractivity contribution in [1.82, 2.24) is 10.6 Å². The van der Waals surface area contributed by atoms with Gasteiger partial charge in [-0.15, -0.1) is 0 Å². The van der Waals surface area contributed by atoms with Crippen LogP contribution < -0.4 is 10.6 Å². The van der Waals surface area contributed by atoms with Crippen LogP contribution in [-0.2, 0) is 9.53 Å². The average Bonchev–Trinajstić information content (AvgIpc) is 2.05. The molecule has 0 aliphatic carbocycles. The smallest absolute Gasteiger partial charge is 0.322 e. The first kappa shape index (κ1) is 7.50. The summed E-state index contributed by atoms with van der Waals surface area (Å²) in [5, 5.41) is 6.06. The van der Waals surface area contributed by atoms with Crippen LogP contribution in [0.25, 0.3) is 0 Å². The van der Waals surface area contributed by atoms with Gasteiger partial charge in [0, 0.05) is 6.67 Å². The van der Waals surface area contributed by atoms with Gasteiger partial charge >= 0.3 is 5.97 Å². The van der Waals surface area contributed by atoms with E-state index in [0.717, 1.165) is 13.0 Å². The van der Waals surface area contributed by atoms with Gasteiger partial charge < -0.3 is 10.1 Å². The summed E-state index contributed by atoms with van der Waals surface area (Å²) in [5.74, 6) is -0.165. The zero-order valence-corrected chi connectivity index (χ0v) is 6.02. The predicted molar refractivity (Wildman–Crippen MR) is 36.4 cm³/mol. The average molecular weight is 144 g/mol. The van der Waals surface area contributed by atoms with Crippen LogP contribution in [0.5, 0.6) is 0 Å². The Kier molecular flexibility index (Phi) is 2.65. The lowest BCUT2D eigenvalue weighted by Gasteiger charge is -2.21. The Labute approximate surface area is 59.9 Å². The Morgan fingerprint density at radius 2 is 2.50 bits per heavy atom. The molecule has 0 aromatic carbocycles. The van der Waals surface area contributed by atoms with Crippen LogP contribution in [0.1, 0.15) is 6.42 Å². The standard InChI is InChI=1S/C6H12N2O2/c1-10-6(9)5-2-3-7-4-8-5/h5,7-8H,2-4H2,1H3. The van der Waals surface area contributed by atoms with Crippen molar-refractivity contribution in [3.8, 4) is 0 Å². The van der Waals surface area contributed by atoms with Crippen molar-refractivity contribution < 1.29 is 9.53 Å². The molecule has 1 saturated heterocycles. The molecule has 0 amide bonds. The minimum Gasteiger partial charge on any atom is -0.468 e. The number of methoxy groups -OCH3 is 1. The molecule has 1 aliphatic rings. The van der Waals surface area contributed by atoms with Gasteiger partial charge in [-0.2, -0.15) is 0 Å². The van der Waals surface area contributed by atoms with E-state index in [9.17, 15) is 4.79 Å². The summed E-state index contributed by atoms with van der Waals surface area (Å²) in [6.07, 6.45) is 0.812. The molecule has 4 heteroatoms. The molecule has 0 radical (unpaired) electrons. The van der Waals surface area contributed by atoms with Crippen LogP contribution in [0.3, 0.4) is 0 Å². The predicted octanol–water partition coefficient (Wildman–Crippen LogP) is -0.932. The third-order valence-corrected chi connectivity index (χ3v) is 1.57. The molecule has 2 N–H and O–H groups in total. The summed E-state index contributed by atoms with van der Waals surface area (Å²) < 4.78 is 4.56. The van der Waals surface area contributed by atoms with Gasteiger partial charge in [0.05, 0.1) is 7.11 Å². The molecular formula is C6H12N2O2. The van der Waals surface area contributed by atoms with Crippen molar-refractivity contribution in [1.29, 1.82) is 0 Å². The van der Waals surface area contributed by atoms with Gasteiger partial charge in [0.1, 0.15) is 6.04 Å². The Morgan fingerprint density at radius 1 is 1.70 bits per heavy atom. The molecule has 0 aromatic heterocycles. The highest BCUT2D eigenvalue weighted by molar-refractivity contribution is 5.75. The fourth-order valence-corrected chi connectivity index (χ4v) is 0.976. The van der Waals surface area contributed by atoms with E-state index in [4.69, 9.17) is 0 Å². The summed E-state index contributed by atoms with van der Waals surface area (Å²) in [7, 11) is 1.41. The first-order valence-corrected chi connectivity index (χ1v) is 3.36. The number of hydrogen-bond acceptors (Lipinski definition) is 4. The van der Waals surface area contributed by atoms with Crippen LogP contribution in [0.4, 0.5) is 0 Å². The summed E-state index contributed by atoms with van der Waals surface area (Å²) in [5.41, 5.74) is 0. The number of ether oxygens (including phenoxy) is 1. The molecule has 0 saturated carbocycles. The second kappa shape index (κ2) is 3.53. The quantitative estimate of drug-likeness (QED) is 0.467. The minimum absolute atomic E-state index is 0.105. The number of esters is 1. The molecule has 1 aliphatic heterocycles. The van der Waals surface area contributed by atoms with Crippen molar-refractivity contribution >= 4 is 5.97 Å². The summed E-state index contributed by atoms with van der Waals surface area (Å²) in [6, 6.07) is -0.105. The van der Waals surface area contributed by atoms with Gasteiger partial charge in [-0.3, -0.25) is 10.1 Å². The van der Waals surface area contributed by atoms with Crippen molar-refractivity contribution in [3.05, 3.63) is 0 Å². The van der Waals surface area contributed by atoms with Crippen LogP contribution in [0.15, 0.2) is 0 Å². The van der Waals surface area contributed by atoms with Gasteiger partial charge in [-0.25, -0.2) is 0 Å². The summed E-state index contributed by atoms with van der Waals surface area (Å²) >= 11 is 0. The molecule has 58 valence electrons. The highest BCUT2D eigenvalue weighted by Crippen LogP contribution is 1.96. The fraction of sp³-hybridized carbons (Fsp3) is 0.833. The number of carbonyl (C=O) groups is 1. The molecule has 1 unspecified atom stereocenters. The zero-order chi connectivity index (χ0) is 7.40. The third-order valence-electron chi connectivity index (χ3n) is 1.57. The number of rotatable bonds is 1. The SMILES string of the molecule is COC(=O)C1CCNCN1. The van der Waals surface area contributed by atoms with E-state index in [1.165, 1.54) is 7.11 Å². The number of hydrogen-bond donors (Lipinski definition) is 2. The van der Waals surface area contributed by atoms with Crippen molar-refractivity contribution in [3.63, 3.8) is 0 Å². The molecule has 0 aromatic rings. The van der Waals surface area contributed by atoms with E-state index in [1.54, 1.807) is 0 Å². The zero-order valence-electron chi connectivity index (χ0n) is 6.02. The molecule has 4 nitrogen and oxygen atoms in total. The summed E-state index contributed by atoms with van der Waals surface area (Å²) in [4.78, 5) is 10.9. The maximum atomic E-state index is 10.9. The molecule has 10 heavy (non-hydrogen) atoms. The van der Waals surface area contributed by atoms with E-state index < -0.39 is 0 Å². The van der Waals surface area contributed by atoms with Gasteiger partial charge in [0.2, 0.25) is 0 Å². The molecular weight excluding hydrogens is 132 g/mol. The fourth-order valence-electron chi connectivity index (χ4n) is 0.976. The van der Waals surface area contributed by atoms with E-state index >= 15 is 0 Å². The first-order chi connectivity index (χ1) is 4.84. The van der Waals surface area contributed by atoms with Gasteiger partial charge in [0.25, 0.3) is 0 Å². The molecule has 0 bridgehead atoms. The third kappa shape index (κ3) is 1.68. The maximum absolute atomic E-state index is 10.9. The van der Waals surface area contributed by atoms with Crippen LogP contribution in [0.2, 0.25) is 0 Å². The lowest BCUT2D eigenvalue weighted by Crippen LogP contribution is -2.49. The molecule has 0 spiro atoms. The first-order valence-electron chi connectivity index (χ1n) is 3.36. The second-order valence-electron chi connectivity index (χ2n) is 2.25. The second-order valence-corrected chi connectivity index (χ2v) is 2.25. The van der Waals surface area contributed by atoms with Crippen molar-refractivity contribution in [2.24, 2.45) is 0 Å². The molecule has 1 atom stereocenters. The van der Waals surface area contributed by atoms with E-state index in [1.807, 2.05) is 0 Å². The highest BCUT2D eigenvalue weighted by atomic mass is 16.5. The number of carbonyl (C=O) groups excluding carboxylic acids is 1. The van der Waals surface area contributed by atoms with E-state index in [2.05, 4.69) is 15.4 Å². The Bertz CT molecular complexity index is 121. The lowest BCUT2D eigenvalue weighted by molar-refractivity contribution is -0.143. The Hall–Kier alpha value is -0.610. The maximum Gasteiger partial charge on any atom is 0.322 e. The van der Waals surface area contributed by atoms with E-state index in [0.29, 0.717) is 6.67 Å². The topological polar surface area (TPSA) is 50.4 Å². The van der Waals surface area contributed by atoms with Crippen molar-refractivity contribution in [2.75, 3.05) is 20.3 Å². The highest BCUT2D eigenvalue weighted by Gasteiger charge is 2.19. The largest absolute Gasteiger partial charge is 0.468 e. The normalized spacial score (nSPS) is 25.9. The van der Waals surface area contributed by atoms with Gasteiger partial charge in [0.15, 0.2) is 0 Å².